The molecule has 1 aromatic carbocycles. The number of nitrogens with zero attached hydrogens (tertiary/aromatic N) is 3. The summed E-state index contributed by atoms with van der Waals surface area (Å²) < 4.78 is 52.5. The van der Waals surface area contributed by atoms with Gasteiger partial charge < -0.3 is 4.90 Å². The number of hydrogen-bond donors (Lipinski definition) is 0. The lowest BCUT2D eigenvalue weighted by Crippen LogP contribution is -2.17. The van der Waals surface area contributed by atoms with Gasteiger partial charge in [-0.15, -0.1) is 0 Å². The standard InChI is InChI=1S/C17H14ClF2N3O2S/c1-22(17-3-2-13(19)7-16(17)18)10-12-4-5-23(11-12)26(24,25)15-6-14(20)8-21-9-15/h2-9,11H,10H2,1H3. The van der Waals surface area contributed by atoms with Gasteiger partial charge in [-0.25, -0.2) is 21.2 Å². The zero-order chi connectivity index (χ0) is 18.9. The van der Waals surface area contributed by atoms with Gasteiger partial charge in [0.25, 0.3) is 10.0 Å². The third-order valence-electron chi connectivity index (χ3n) is 3.72. The Hall–Kier alpha value is -2.45. The molecule has 0 spiro atoms. The fourth-order valence-corrected chi connectivity index (χ4v) is 3.97. The molecule has 2 heterocycles. The van der Waals surface area contributed by atoms with E-state index in [1.165, 1.54) is 24.5 Å². The van der Waals surface area contributed by atoms with Crippen LogP contribution in [0.3, 0.4) is 0 Å². The van der Waals surface area contributed by atoms with E-state index in [1.807, 2.05) is 0 Å². The third kappa shape index (κ3) is 3.71. The third-order valence-corrected chi connectivity index (χ3v) is 5.63. The van der Waals surface area contributed by atoms with E-state index < -0.39 is 21.7 Å². The number of hydrogen-bond acceptors (Lipinski definition) is 4. The summed E-state index contributed by atoms with van der Waals surface area (Å²) in [6, 6.07) is 6.58. The molecule has 0 saturated heterocycles. The summed E-state index contributed by atoms with van der Waals surface area (Å²) in [5, 5.41) is 0.255. The fourth-order valence-electron chi connectivity index (χ4n) is 2.47. The number of pyridine rings is 1. The molecule has 0 aliphatic rings. The van der Waals surface area contributed by atoms with Crippen LogP contribution in [0.2, 0.25) is 5.02 Å². The molecule has 5 nitrogen and oxygen atoms in total. The van der Waals surface area contributed by atoms with Crippen LogP contribution in [-0.4, -0.2) is 24.4 Å². The molecular formula is C17H14ClF2N3O2S. The second-order valence-corrected chi connectivity index (χ2v) is 7.90. The maximum Gasteiger partial charge on any atom is 0.269 e. The molecule has 0 fully saturated rings. The molecule has 0 amide bonds. The molecule has 0 bridgehead atoms. The van der Waals surface area contributed by atoms with Crippen molar-refractivity contribution in [2.24, 2.45) is 0 Å². The van der Waals surface area contributed by atoms with Gasteiger partial charge in [0.15, 0.2) is 0 Å². The van der Waals surface area contributed by atoms with Gasteiger partial charge >= 0.3 is 0 Å². The Balaban J connectivity index is 1.83. The van der Waals surface area contributed by atoms with Crippen molar-refractivity contribution < 1.29 is 17.2 Å². The lowest BCUT2D eigenvalue weighted by Gasteiger charge is -2.20. The van der Waals surface area contributed by atoms with E-state index in [2.05, 4.69) is 4.98 Å². The lowest BCUT2D eigenvalue weighted by atomic mass is 10.2. The highest BCUT2D eigenvalue weighted by molar-refractivity contribution is 7.90. The zero-order valence-corrected chi connectivity index (χ0v) is 15.2. The van der Waals surface area contributed by atoms with Crippen LogP contribution in [0.25, 0.3) is 0 Å². The summed E-state index contributed by atoms with van der Waals surface area (Å²) in [5.41, 5.74) is 1.29. The average molecular weight is 398 g/mol. The number of benzene rings is 1. The van der Waals surface area contributed by atoms with Crippen molar-refractivity contribution in [3.63, 3.8) is 0 Å². The van der Waals surface area contributed by atoms with Crippen molar-refractivity contribution in [3.8, 4) is 0 Å². The van der Waals surface area contributed by atoms with Gasteiger partial charge in [-0.1, -0.05) is 11.6 Å². The van der Waals surface area contributed by atoms with Crippen molar-refractivity contribution in [1.82, 2.24) is 8.96 Å². The molecule has 2 aromatic heterocycles. The molecule has 26 heavy (non-hydrogen) atoms. The highest BCUT2D eigenvalue weighted by Gasteiger charge is 2.18. The summed E-state index contributed by atoms with van der Waals surface area (Å²) >= 11 is 6.04. The maximum atomic E-state index is 13.3. The number of aromatic nitrogens is 2. The molecule has 0 aliphatic carbocycles. The van der Waals surface area contributed by atoms with Crippen LogP contribution in [0.1, 0.15) is 5.56 Å². The Bertz CT molecular complexity index is 1050. The van der Waals surface area contributed by atoms with Crippen LogP contribution in [0.5, 0.6) is 0 Å². The second kappa shape index (κ2) is 7.05. The van der Waals surface area contributed by atoms with Gasteiger partial charge in [0, 0.05) is 32.2 Å². The first-order valence-corrected chi connectivity index (χ1v) is 9.28. The molecule has 136 valence electrons. The molecular weight excluding hydrogens is 384 g/mol. The van der Waals surface area contributed by atoms with Gasteiger partial charge in [-0.3, -0.25) is 4.98 Å². The summed E-state index contributed by atoms with van der Waals surface area (Å²) in [5.74, 6) is -1.17. The molecule has 9 heteroatoms. The Morgan fingerprint density at radius 2 is 1.92 bits per heavy atom. The molecule has 3 rings (SSSR count). The average Bonchev–Trinajstić information content (AvgIpc) is 3.04. The van der Waals surface area contributed by atoms with Gasteiger partial charge in [0.05, 0.1) is 16.9 Å². The molecule has 0 N–H and O–H groups in total. The highest BCUT2D eigenvalue weighted by atomic mass is 35.5. The highest BCUT2D eigenvalue weighted by Crippen LogP contribution is 2.27. The van der Waals surface area contributed by atoms with E-state index in [-0.39, 0.29) is 9.92 Å². The minimum Gasteiger partial charge on any atom is -0.369 e. The summed E-state index contributed by atoms with van der Waals surface area (Å²) in [7, 11) is -2.18. The van der Waals surface area contributed by atoms with Crippen molar-refractivity contribution in [2.45, 2.75) is 11.4 Å². The van der Waals surface area contributed by atoms with Crippen molar-refractivity contribution in [3.05, 3.63) is 77.3 Å². The predicted molar refractivity (Wildman–Crippen MR) is 94.7 cm³/mol. The lowest BCUT2D eigenvalue weighted by molar-refractivity contribution is 0.581. The Kier molecular flexibility index (Phi) is 4.97. The van der Waals surface area contributed by atoms with Crippen molar-refractivity contribution >= 4 is 27.3 Å². The van der Waals surface area contributed by atoms with E-state index in [1.54, 1.807) is 24.1 Å². The van der Waals surface area contributed by atoms with E-state index >= 15 is 0 Å². The minimum atomic E-state index is -3.93. The van der Waals surface area contributed by atoms with Crippen LogP contribution in [0, 0.1) is 11.6 Å². The van der Waals surface area contributed by atoms with E-state index in [0.717, 1.165) is 22.4 Å². The quantitative estimate of drug-likeness (QED) is 0.659. The summed E-state index contributed by atoms with van der Waals surface area (Å²) in [6.07, 6.45) is 4.81. The maximum absolute atomic E-state index is 13.3. The number of halogens is 3. The molecule has 0 atom stereocenters. The van der Waals surface area contributed by atoms with Crippen LogP contribution < -0.4 is 4.90 Å². The van der Waals surface area contributed by atoms with Crippen LogP contribution in [0.4, 0.5) is 14.5 Å². The van der Waals surface area contributed by atoms with E-state index in [0.29, 0.717) is 17.8 Å². The SMILES string of the molecule is CN(Cc1ccn(S(=O)(=O)c2cncc(F)c2)c1)c1ccc(F)cc1Cl. The first-order valence-electron chi connectivity index (χ1n) is 7.46. The van der Waals surface area contributed by atoms with E-state index in [4.69, 9.17) is 11.6 Å². The molecule has 0 unspecified atom stereocenters. The van der Waals surface area contributed by atoms with Crippen LogP contribution >= 0.6 is 11.6 Å². The summed E-state index contributed by atoms with van der Waals surface area (Å²) in [6.45, 7) is 0.343. The first-order chi connectivity index (χ1) is 12.3. The normalized spacial score (nSPS) is 11.5. The largest absolute Gasteiger partial charge is 0.369 e. The topological polar surface area (TPSA) is 55.2 Å². The van der Waals surface area contributed by atoms with Gasteiger partial charge in [-0.2, -0.15) is 0 Å². The van der Waals surface area contributed by atoms with E-state index in [9.17, 15) is 17.2 Å². The van der Waals surface area contributed by atoms with Crippen LogP contribution in [0.15, 0.2) is 60.0 Å². The predicted octanol–water partition coefficient (Wildman–Crippen LogP) is 3.69. The smallest absolute Gasteiger partial charge is 0.269 e. The Labute approximate surface area is 154 Å². The molecule has 0 radical (unpaired) electrons. The van der Waals surface area contributed by atoms with Crippen LogP contribution in [-0.2, 0) is 16.6 Å². The minimum absolute atomic E-state index is 0.241. The van der Waals surface area contributed by atoms with Crippen molar-refractivity contribution in [2.75, 3.05) is 11.9 Å². The van der Waals surface area contributed by atoms with Crippen molar-refractivity contribution in [1.29, 1.82) is 0 Å². The second-order valence-electron chi connectivity index (χ2n) is 5.65. The Morgan fingerprint density at radius 3 is 2.62 bits per heavy atom. The zero-order valence-electron chi connectivity index (χ0n) is 13.6. The summed E-state index contributed by atoms with van der Waals surface area (Å²) in [4.78, 5) is 5.09. The first kappa shape index (κ1) is 18.3. The van der Waals surface area contributed by atoms with Gasteiger partial charge in [0.2, 0.25) is 0 Å². The Morgan fingerprint density at radius 1 is 1.15 bits per heavy atom. The molecule has 0 aliphatic heterocycles. The molecule has 3 aromatic rings. The van der Waals surface area contributed by atoms with Gasteiger partial charge in [0.1, 0.15) is 16.5 Å². The number of rotatable bonds is 5. The number of anilines is 1. The fraction of sp³-hybridized carbons (Fsp3) is 0.118. The van der Waals surface area contributed by atoms with Gasteiger partial charge in [-0.05, 0) is 35.9 Å². The molecule has 0 saturated carbocycles. The monoisotopic (exact) mass is 397 g/mol.